The second kappa shape index (κ2) is 8.29. The van der Waals surface area contributed by atoms with Crippen LogP contribution in [0.5, 0.6) is 0 Å². The molecule has 0 unspecified atom stereocenters. The second-order valence-electron chi connectivity index (χ2n) is 6.64. The molecule has 140 valence electrons. The molecule has 2 N–H and O–H groups in total. The van der Waals surface area contributed by atoms with Crippen molar-refractivity contribution in [3.8, 4) is 0 Å². The van der Waals surface area contributed by atoms with Gasteiger partial charge in [-0.05, 0) is 50.9 Å². The third-order valence-electron chi connectivity index (χ3n) is 4.77. The molecular weight excluding hydrogens is 338 g/mol. The maximum Gasteiger partial charge on any atom is 0.243 e. The van der Waals surface area contributed by atoms with Gasteiger partial charge < -0.3 is 10.6 Å². The van der Waals surface area contributed by atoms with E-state index < -0.39 is 10.0 Å². The average Bonchev–Trinajstić information content (AvgIpc) is 2.57. The zero-order valence-corrected chi connectivity index (χ0v) is 16.3. The van der Waals surface area contributed by atoms with Crippen molar-refractivity contribution in [3.63, 3.8) is 0 Å². The number of hydrogen-bond donors (Lipinski definition) is 2. The van der Waals surface area contributed by atoms with Crippen LogP contribution in [0.25, 0.3) is 0 Å². The van der Waals surface area contributed by atoms with Gasteiger partial charge in [-0.1, -0.05) is 19.9 Å². The van der Waals surface area contributed by atoms with Crippen LogP contribution in [0.1, 0.15) is 39.2 Å². The molecule has 0 aliphatic carbocycles. The number of rotatable bonds is 6. The van der Waals surface area contributed by atoms with Crippen molar-refractivity contribution in [3.05, 3.63) is 23.8 Å². The molecule has 1 amide bonds. The first kappa shape index (κ1) is 19.9. The first-order chi connectivity index (χ1) is 11.8. The molecule has 0 aromatic heterocycles. The lowest BCUT2D eigenvalue weighted by molar-refractivity contribution is -0.120. The number of nitrogens with one attached hydrogen (secondary N) is 2. The highest BCUT2D eigenvalue weighted by Gasteiger charge is 2.26. The third kappa shape index (κ3) is 4.59. The summed E-state index contributed by atoms with van der Waals surface area (Å²) in [6.45, 7) is 9.15. The zero-order chi connectivity index (χ0) is 18.6. The fourth-order valence-corrected chi connectivity index (χ4v) is 4.98. The molecule has 7 heteroatoms. The van der Waals surface area contributed by atoms with Gasteiger partial charge in [0.25, 0.3) is 0 Å². The van der Waals surface area contributed by atoms with Crippen LogP contribution in [-0.2, 0) is 14.8 Å². The molecule has 1 saturated heterocycles. The monoisotopic (exact) mass is 367 g/mol. The van der Waals surface area contributed by atoms with Crippen molar-refractivity contribution in [1.29, 1.82) is 0 Å². The van der Waals surface area contributed by atoms with Crippen LogP contribution in [0.3, 0.4) is 0 Å². The molecule has 1 aliphatic rings. The average molecular weight is 368 g/mol. The summed E-state index contributed by atoms with van der Waals surface area (Å²) in [5.41, 5.74) is 1.22. The van der Waals surface area contributed by atoms with Crippen molar-refractivity contribution in [2.24, 2.45) is 5.92 Å². The Hall–Kier alpha value is -1.44. The summed E-state index contributed by atoms with van der Waals surface area (Å²) in [7, 11) is -3.55. The molecule has 1 aromatic rings. The number of benzene rings is 1. The van der Waals surface area contributed by atoms with Gasteiger partial charge in [-0.25, -0.2) is 8.42 Å². The minimum absolute atomic E-state index is 0.0385. The van der Waals surface area contributed by atoms with E-state index >= 15 is 0 Å². The Balaban J connectivity index is 2.22. The maximum absolute atomic E-state index is 12.8. The molecular formula is C18H29N3O3S. The van der Waals surface area contributed by atoms with E-state index in [9.17, 15) is 13.2 Å². The molecule has 25 heavy (non-hydrogen) atoms. The highest BCUT2D eigenvalue weighted by molar-refractivity contribution is 7.89. The van der Waals surface area contributed by atoms with Gasteiger partial charge in [-0.2, -0.15) is 4.31 Å². The molecule has 2 atom stereocenters. The number of aryl methyl sites for hydroxylation is 1. The van der Waals surface area contributed by atoms with Crippen molar-refractivity contribution in [2.75, 3.05) is 25.0 Å². The highest BCUT2D eigenvalue weighted by Crippen LogP contribution is 2.25. The summed E-state index contributed by atoms with van der Waals surface area (Å²) in [6, 6.07) is 5.41. The Bertz CT molecular complexity index is 714. The van der Waals surface area contributed by atoms with Crippen molar-refractivity contribution in [1.82, 2.24) is 9.62 Å². The van der Waals surface area contributed by atoms with Gasteiger partial charge in [-0.15, -0.1) is 0 Å². The van der Waals surface area contributed by atoms with Crippen molar-refractivity contribution < 1.29 is 13.2 Å². The summed E-state index contributed by atoms with van der Waals surface area (Å²) in [6.07, 6.45) is 1.59. The Morgan fingerprint density at radius 2 is 2.00 bits per heavy atom. The van der Waals surface area contributed by atoms with Gasteiger partial charge in [0.05, 0.1) is 4.90 Å². The lowest BCUT2D eigenvalue weighted by Gasteiger charge is -2.27. The number of nitrogens with zero attached hydrogens (tertiary/aromatic N) is 1. The van der Waals surface area contributed by atoms with Gasteiger partial charge in [0, 0.05) is 30.7 Å². The maximum atomic E-state index is 12.8. The van der Waals surface area contributed by atoms with E-state index in [2.05, 4.69) is 17.6 Å². The highest BCUT2D eigenvalue weighted by atomic mass is 32.2. The van der Waals surface area contributed by atoms with Gasteiger partial charge >= 0.3 is 0 Å². The van der Waals surface area contributed by atoms with Crippen molar-refractivity contribution >= 4 is 21.6 Å². The molecule has 1 aliphatic heterocycles. The Kier molecular flexibility index (Phi) is 6.59. The van der Waals surface area contributed by atoms with Crippen LogP contribution >= 0.6 is 0 Å². The van der Waals surface area contributed by atoms with Gasteiger partial charge in [0.1, 0.15) is 0 Å². The van der Waals surface area contributed by atoms with E-state index in [4.69, 9.17) is 0 Å². The van der Waals surface area contributed by atoms with Crippen LogP contribution in [-0.4, -0.2) is 44.3 Å². The standard InChI is InChI=1S/C18H29N3O3S/c1-5-21(6-2)25(23,24)17-12-16(8-7-13(17)3)20-18(22)15-9-10-19-14(4)11-15/h7-8,12,14-15,19H,5-6,9-11H2,1-4H3,(H,20,22)/t14-,15-/m0/s1. The van der Waals surface area contributed by atoms with Crippen molar-refractivity contribution in [2.45, 2.75) is 51.5 Å². The first-order valence-corrected chi connectivity index (χ1v) is 10.4. The summed E-state index contributed by atoms with van der Waals surface area (Å²) < 4.78 is 27.0. The number of piperidine rings is 1. The lowest BCUT2D eigenvalue weighted by Crippen LogP contribution is -2.40. The van der Waals surface area contributed by atoms with E-state index in [1.807, 2.05) is 13.8 Å². The molecule has 1 heterocycles. The number of sulfonamides is 1. The molecule has 0 bridgehead atoms. The van der Waals surface area contributed by atoms with E-state index in [0.717, 1.165) is 19.4 Å². The molecule has 0 radical (unpaired) electrons. The van der Waals surface area contributed by atoms with Crippen LogP contribution in [0.15, 0.2) is 23.1 Å². The predicted octanol–water partition coefficient (Wildman–Crippen LogP) is 2.35. The minimum Gasteiger partial charge on any atom is -0.326 e. The predicted molar refractivity (Wildman–Crippen MR) is 100 cm³/mol. The molecule has 1 aromatic carbocycles. The number of carbonyl (C=O) groups is 1. The van der Waals surface area contributed by atoms with E-state index in [1.165, 1.54) is 4.31 Å². The molecule has 6 nitrogen and oxygen atoms in total. The van der Waals surface area contributed by atoms with Crippen LogP contribution in [0.4, 0.5) is 5.69 Å². The van der Waals surface area contributed by atoms with Crippen LogP contribution < -0.4 is 10.6 Å². The quantitative estimate of drug-likeness (QED) is 0.809. The molecule has 1 fully saturated rings. The summed E-state index contributed by atoms with van der Waals surface area (Å²) in [5.74, 6) is -0.0798. The summed E-state index contributed by atoms with van der Waals surface area (Å²) in [4.78, 5) is 12.8. The number of carbonyl (C=O) groups excluding carboxylic acids is 1. The summed E-state index contributed by atoms with van der Waals surface area (Å²) >= 11 is 0. The molecule has 0 saturated carbocycles. The fraction of sp³-hybridized carbons (Fsp3) is 0.611. The van der Waals surface area contributed by atoms with Gasteiger partial charge in [-0.3, -0.25) is 4.79 Å². The minimum atomic E-state index is -3.55. The van der Waals surface area contributed by atoms with Crippen LogP contribution in [0.2, 0.25) is 0 Å². The van der Waals surface area contributed by atoms with Gasteiger partial charge in [0.15, 0.2) is 0 Å². The first-order valence-electron chi connectivity index (χ1n) is 8.94. The number of hydrogen-bond acceptors (Lipinski definition) is 4. The van der Waals surface area contributed by atoms with Gasteiger partial charge in [0.2, 0.25) is 15.9 Å². The Morgan fingerprint density at radius 1 is 1.32 bits per heavy atom. The van der Waals surface area contributed by atoms with E-state index in [1.54, 1.807) is 25.1 Å². The second-order valence-corrected chi connectivity index (χ2v) is 8.54. The zero-order valence-electron chi connectivity index (χ0n) is 15.5. The third-order valence-corrected chi connectivity index (χ3v) is 6.97. The number of anilines is 1. The largest absolute Gasteiger partial charge is 0.326 e. The Morgan fingerprint density at radius 3 is 2.60 bits per heavy atom. The van der Waals surface area contributed by atoms with Crippen LogP contribution in [0, 0.1) is 12.8 Å². The SMILES string of the molecule is CCN(CC)S(=O)(=O)c1cc(NC(=O)[C@H]2CCN[C@@H](C)C2)ccc1C. The lowest BCUT2D eigenvalue weighted by atomic mass is 9.92. The molecule has 2 rings (SSSR count). The smallest absolute Gasteiger partial charge is 0.243 e. The topological polar surface area (TPSA) is 78.5 Å². The number of amides is 1. The summed E-state index contributed by atoms with van der Waals surface area (Å²) in [5, 5.41) is 6.22. The fourth-order valence-electron chi connectivity index (χ4n) is 3.27. The molecule has 0 spiro atoms. The van der Waals surface area contributed by atoms with E-state index in [-0.39, 0.29) is 16.7 Å². The Labute approximate surface area is 151 Å². The van der Waals surface area contributed by atoms with E-state index in [0.29, 0.717) is 30.4 Å². The normalized spacial score (nSPS) is 21.3.